The van der Waals surface area contributed by atoms with Crippen LogP contribution in [-0.2, 0) is 0 Å². The van der Waals surface area contributed by atoms with E-state index in [0.717, 1.165) is 0 Å². The summed E-state index contributed by atoms with van der Waals surface area (Å²) < 4.78 is 1.30. The van der Waals surface area contributed by atoms with Gasteiger partial charge < -0.3 is 5.32 Å². The van der Waals surface area contributed by atoms with Crippen molar-refractivity contribution < 1.29 is 0 Å². The minimum absolute atomic E-state index is 0.414. The lowest BCUT2D eigenvalue weighted by atomic mass is 9.90. The second-order valence-corrected chi connectivity index (χ2v) is 5.54. The maximum absolute atomic E-state index is 3.44. The van der Waals surface area contributed by atoms with E-state index in [-0.39, 0.29) is 0 Å². The van der Waals surface area contributed by atoms with Gasteiger partial charge in [0.05, 0.1) is 6.04 Å². The van der Waals surface area contributed by atoms with Crippen LogP contribution in [0.1, 0.15) is 37.3 Å². The largest absolute Gasteiger partial charge is 0.310 e. The Balaban J connectivity index is 2.21. The normalized spacial score (nSPS) is 18.0. The Bertz CT molecular complexity index is 367. The molecule has 1 aromatic carbocycles. The van der Waals surface area contributed by atoms with Gasteiger partial charge in [0.15, 0.2) is 0 Å². The van der Waals surface area contributed by atoms with Crippen LogP contribution in [0.15, 0.2) is 35.9 Å². The molecule has 2 heteroatoms. The number of likely N-dealkylation sites (N-methyl/N-ethyl adjacent to an activating group) is 1. The fourth-order valence-electron chi connectivity index (χ4n) is 2.35. The number of allylic oxidation sites excluding steroid dienone is 1. The smallest absolute Gasteiger partial charge is 0.0533 e. The lowest BCUT2D eigenvalue weighted by Crippen LogP contribution is -2.19. The number of rotatable bonds is 3. The van der Waals surface area contributed by atoms with E-state index in [0.29, 0.717) is 6.04 Å². The Morgan fingerprint density at radius 2 is 1.94 bits per heavy atom. The lowest BCUT2D eigenvalue weighted by Gasteiger charge is -2.23. The second kappa shape index (κ2) is 5.82. The number of hydrogen-bond acceptors (Lipinski definition) is 1. The van der Waals surface area contributed by atoms with Crippen LogP contribution in [0.2, 0.25) is 0 Å². The highest BCUT2D eigenvalue weighted by Crippen LogP contribution is 2.29. The number of nitrogens with one attached hydrogen (secondary N) is 1. The molecule has 0 aromatic heterocycles. The molecule has 0 heterocycles. The van der Waals surface area contributed by atoms with Gasteiger partial charge in [-0.15, -0.1) is 0 Å². The summed E-state index contributed by atoms with van der Waals surface area (Å²) in [4.78, 5) is 0. The van der Waals surface area contributed by atoms with E-state index in [1.54, 1.807) is 5.57 Å². The van der Waals surface area contributed by atoms with E-state index < -0.39 is 0 Å². The number of benzene rings is 1. The van der Waals surface area contributed by atoms with Gasteiger partial charge in [0.2, 0.25) is 0 Å². The molecule has 1 atom stereocenters. The van der Waals surface area contributed by atoms with E-state index in [1.807, 2.05) is 0 Å². The van der Waals surface area contributed by atoms with Crippen LogP contribution < -0.4 is 5.32 Å². The number of hydrogen-bond donors (Lipinski definition) is 1. The van der Waals surface area contributed by atoms with Crippen molar-refractivity contribution >= 4 is 22.6 Å². The van der Waals surface area contributed by atoms with Gasteiger partial charge in [0.1, 0.15) is 0 Å². The molecule has 0 spiro atoms. The topological polar surface area (TPSA) is 12.0 Å². The molecule has 0 fully saturated rings. The maximum Gasteiger partial charge on any atom is 0.0533 e. The predicted octanol–water partition coefficient (Wildman–Crippen LogP) is 4.05. The summed E-state index contributed by atoms with van der Waals surface area (Å²) in [5.41, 5.74) is 2.95. The van der Waals surface area contributed by atoms with Crippen LogP contribution in [0.3, 0.4) is 0 Å². The monoisotopic (exact) mass is 327 g/mol. The molecule has 0 amide bonds. The van der Waals surface area contributed by atoms with Gasteiger partial charge in [0, 0.05) is 3.57 Å². The summed E-state index contributed by atoms with van der Waals surface area (Å²) in [6.07, 6.45) is 7.61. The molecule has 0 saturated carbocycles. The third-order valence-corrected chi connectivity index (χ3v) is 3.91. The molecule has 0 bridgehead atoms. The quantitative estimate of drug-likeness (QED) is 0.652. The summed E-state index contributed by atoms with van der Waals surface area (Å²) in [5.74, 6) is 0. The van der Waals surface area contributed by atoms with Gasteiger partial charge in [-0.2, -0.15) is 0 Å². The fourth-order valence-corrected chi connectivity index (χ4v) is 2.71. The molecule has 0 saturated heterocycles. The molecule has 2 rings (SSSR count). The van der Waals surface area contributed by atoms with Crippen molar-refractivity contribution in [1.29, 1.82) is 0 Å². The third-order valence-electron chi connectivity index (χ3n) is 3.19. The minimum atomic E-state index is 0.414. The molecule has 1 aliphatic carbocycles. The van der Waals surface area contributed by atoms with Gasteiger partial charge in [-0.05, 0) is 73.0 Å². The van der Waals surface area contributed by atoms with Crippen LogP contribution in [0.25, 0.3) is 0 Å². The van der Waals surface area contributed by atoms with Gasteiger partial charge in [0.25, 0.3) is 0 Å². The fraction of sp³-hybridized carbons (Fsp3) is 0.429. The van der Waals surface area contributed by atoms with Crippen LogP contribution in [0.5, 0.6) is 0 Å². The minimum Gasteiger partial charge on any atom is -0.310 e. The van der Waals surface area contributed by atoms with Crippen molar-refractivity contribution in [2.75, 3.05) is 7.05 Å². The summed E-state index contributed by atoms with van der Waals surface area (Å²) in [7, 11) is 2.05. The first-order chi connectivity index (χ1) is 7.81. The Morgan fingerprint density at radius 3 is 2.50 bits per heavy atom. The first-order valence-corrected chi connectivity index (χ1v) is 7.01. The first-order valence-electron chi connectivity index (χ1n) is 5.93. The van der Waals surface area contributed by atoms with Crippen LogP contribution >= 0.6 is 22.6 Å². The zero-order chi connectivity index (χ0) is 11.4. The molecule has 0 radical (unpaired) electrons. The molecule has 1 aromatic rings. The van der Waals surface area contributed by atoms with Gasteiger partial charge >= 0.3 is 0 Å². The Morgan fingerprint density at radius 1 is 1.19 bits per heavy atom. The van der Waals surface area contributed by atoms with Gasteiger partial charge in [-0.1, -0.05) is 23.8 Å². The van der Waals surface area contributed by atoms with E-state index in [1.165, 1.54) is 34.8 Å². The Kier molecular flexibility index (Phi) is 4.41. The van der Waals surface area contributed by atoms with E-state index >= 15 is 0 Å². The molecular weight excluding hydrogens is 309 g/mol. The van der Waals surface area contributed by atoms with Gasteiger partial charge in [-0.25, -0.2) is 0 Å². The summed E-state index contributed by atoms with van der Waals surface area (Å²) >= 11 is 2.35. The second-order valence-electron chi connectivity index (χ2n) is 4.30. The van der Waals surface area contributed by atoms with Gasteiger partial charge in [-0.3, -0.25) is 0 Å². The maximum atomic E-state index is 3.44. The molecule has 1 unspecified atom stereocenters. The van der Waals surface area contributed by atoms with E-state index in [4.69, 9.17) is 0 Å². The zero-order valence-corrected chi connectivity index (χ0v) is 11.8. The zero-order valence-electron chi connectivity index (χ0n) is 9.67. The highest BCUT2D eigenvalue weighted by atomic mass is 127. The van der Waals surface area contributed by atoms with Crippen molar-refractivity contribution in [3.05, 3.63) is 45.0 Å². The summed E-state index contributed by atoms with van der Waals surface area (Å²) in [6, 6.07) is 9.25. The van der Waals surface area contributed by atoms with Crippen LogP contribution in [0, 0.1) is 3.57 Å². The predicted molar refractivity (Wildman–Crippen MR) is 77.5 cm³/mol. The highest BCUT2D eigenvalue weighted by molar-refractivity contribution is 14.1. The first kappa shape index (κ1) is 12.1. The summed E-state index contributed by atoms with van der Waals surface area (Å²) in [6.45, 7) is 0. The molecule has 86 valence electrons. The van der Waals surface area contributed by atoms with Crippen LogP contribution in [0.4, 0.5) is 0 Å². The average Bonchev–Trinajstić information content (AvgIpc) is 2.34. The van der Waals surface area contributed by atoms with E-state index in [9.17, 15) is 0 Å². The van der Waals surface area contributed by atoms with Crippen molar-refractivity contribution in [1.82, 2.24) is 5.32 Å². The molecule has 16 heavy (non-hydrogen) atoms. The SMILES string of the molecule is CNC(C1=CCCCC1)c1ccc(I)cc1. The van der Waals surface area contributed by atoms with Crippen LogP contribution in [-0.4, -0.2) is 7.05 Å². The molecule has 1 aliphatic rings. The standard InChI is InChI=1S/C14H18IN/c1-16-14(11-5-3-2-4-6-11)12-7-9-13(15)10-8-12/h5,7-10,14,16H,2-4,6H2,1H3. The average molecular weight is 327 g/mol. The van der Waals surface area contributed by atoms with Crippen molar-refractivity contribution in [3.63, 3.8) is 0 Å². The molecular formula is C14H18IN. The lowest BCUT2D eigenvalue weighted by molar-refractivity contribution is 0.593. The third kappa shape index (κ3) is 2.86. The Hall–Kier alpha value is -0.350. The Labute approximate surface area is 111 Å². The van der Waals surface area contributed by atoms with Crippen molar-refractivity contribution in [2.45, 2.75) is 31.7 Å². The van der Waals surface area contributed by atoms with E-state index in [2.05, 4.69) is 65.3 Å². The highest BCUT2D eigenvalue weighted by Gasteiger charge is 2.15. The molecule has 0 aliphatic heterocycles. The van der Waals surface area contributed by atoms with Crippen molar-refractivity contribution in [3.8, 4) is 0 Å². The van der Waals surface area contributed by atoms with Crippen molar-refractivity contribution in [2.24, 2.45) is 0 Å². The summed E-state index contributed by atoms with van der Waals surface area (Å²) in [5, 5.41) is 3.44. The number of halogens is 1. The molecule has 1 nitrogen and oxygen atoms in total. The molecule has 1 N–H and O–H groups in total.